The molecular formula is C15H17N3O2S. The van der Waals surface area contributed by atoms with E-state index in [9.17, 15) is 4.79 Å². The molecule has 6 heteroatoms. The number of nitrogens with zero attached hydrogens (tertiary/aromatic N) is 3. The van der Waals surface area contributed by atoms with Gasteiger partial charge in [-0.1, -0.05) is 0 Å². The predicted octanol–water partition coefficient (Wildman–Crippen LogP) is 2.53. The molecule has 0 radical (unpaired) electrons. The molecule has 2 aromatic heterocycles. The SMILES string of the molecule is Cc1csc(C(=O)N2CCCC(Oc3ncccn3)C2)c1. The van der Waals surface area contributed by atoms with E-state index in [-0.39, 0.29) is 12.0 Å². The van der Waals surface area contributed by atoms with Gasteiger partial charge in [-0.2, -0.15) is 0 Å². The second-order valence-electron chi connectivity index (χ2n) is 5.15. The van der Waals surface area contributed by atoms with E-state index >= 15 is 0 Å². The molecule has 0 spiro atoms. The molecule has 1 aliphatic rings. The van der Waals surface area contributed by atoms with Gasteiger partial charge in [0.15, 0.2) is 0 Å². The number of piperidine rings is 1. The fourth-order valence-corrected chi connectivity index (χ4v) is 3.28. The van der Waals surface area contributed by atoms with Gasteiger partial charge in [-0.05, 0) is 42.8 Å². The number of rotatable bonds is 3. The number of amides is 1. The third-order valence-corrected chi connectivity index (χ3v) is 4.46. The number of ether oxygens (including phenoxy) is 1. The minimum atomic E-state index is -0.0360. The Balaban J connectivity index is 1.64. The van der Waals surface area contributed by atoms with Gasteiger partial charge < -0.3 is 9.64 Å². The van der Waals surface area contributed by atoms with Crippen LogP contribution in [0.1, 0.15) is 28.1 Å². The molecule has 1 unspecified atom stereocenters. The van der Waals surface area contributed by atoms with Crippen LogP contribution in [0.2, 0.25) is 0 Å². The van der Waals surface area contributed by atoms with Crippen LogP contribution in [-0.4, -0.2) is 40.0 Å². The van der Waals surface area contributed by atoms with Crippen molar-refractivity contribution in [3.8, 4) is 6.01 Å². The fourth-order valence-electron chi connectivity index (χ4n) is 2.41. The van der Waals surface area contributed by atoms with Crippen molar-refractivity contribution in [2.45, 2.75) is 25.9 Å². The van der Waals surface area contributed by atoms with E-state index < -0.39 is 0 Å². The first-order valence-electron chi connectivity index (χ1n) is 7.00. The molecule has 0 aliphatic carbocycles. The minimum Gasteiger partial charge on any atom is -0.458 e. The summed E-state index contributed by atoms with van der Waals surface area (Å²) in [5, 5.41) is 2.00. The van der Waals surface area contributed by atoms with Crippen molar-refractivity contribution in [2.24, 2.45) is 0 Å². The van der Waals surface area contributed by atoms with Crippen LogP contribution in [-0.2, 0) is 0 Å². The van der Waals surface area contributed by atoms with E-state index in [4.69, 9.17) is 4.74 Å². The third kappa shape index (κ3) is 3.39. The summed E-state index contributed by atoms with van der Waals surface area (Å²) in [5.74, 6) is 0.0929. The first-order valence-corrected chi connectivity index (χ1v) is 7.88. The maximum Gasteiger partial charge on any atom is 0.316 e. The lowest BCUT2D eigenvalue weighted by Gasteiger charge is -2.32. The molecule has 110 valence electrons. The maximum absolute atomic E-state index is 12.5. The van der Waals surface area contributed by atoms with Crippen molar-refractivity contribution >= 4 is 17.2 Å². The van der Waals surface area contributed by atoms with Crippen molar-refractivity contribution in [1.29, 1.82) is 0 Å². The quantitative estimate of drug-likeness (QED) is 0.874. The Bertz CT molecular complexity index is 614. The molecule has 0 saturated carbocycles. The van der Waals surface area contributed by atoms with Gasteiger partial charge in [0.2, 0.25) is 0 Å². The Morgan fingerprint density at radius 2 is 2.24 bits per heavy atom. The van der Waals surface area contributed by atoms with E-state index in [0.29, 0.717) is 12.6 Å². The number of carbonyl (C=O) groups is 1. The monoisotopic (exact) mass is 303 g/mol. The number of aromatic nitrogens is 2. The molecular weight excluding hydrogens is 286 g/mol. The molecule has 1 atom stereocenters. The summed E-state index contributed by atoms with van der Waals surface area (Å²) in [6.45, 7) is 3.38. The zero-order valence-corrected chi connectivity index (χ0v) is 12.7. The van der Waals surface area contributed by atoms with E-state index in [1.54, 1.807) is 18.5 Å². The first kappa shape index (κ1) is 14.0. The highest BCUT2D eigenvalue weighted by Gasteiger charge is 2.26. The molecule has 1 saturated heterocycles. The summed E-state index contributed by atoms with van der Waals surface area (Å²) in [5.41, 5.74) is 1.13. The smallest absolute Gasteiger partial charge is 0.316 e. The summed E-state index contributed by atoms with van der Waals surface area (Å²) in [4.78, 5) is 23.3. The van der Waals surface area contributed by atoms with Gasteiger partial charge in [-0.25, -0.2) is 9.97 Å². The lowest BCUT2D eigenvalue weighted by molar-refractivity contribution is 0.0520. The van der Waals surface area contributed by atoms with Crippen molar-refractivity contribution < 1.29 is 9.53 Å². The first-order chi connectivity index (χ1) is 10.2. The number of hydrogen-bond acceptors (Lipinski definition) is 5. The van der Waals surface area contributed by atoms with E-state index in [1.807, 2.05) is 23.3 Å². The number of hydrogen-bond donors (Lipinski definition) is 0. The normalized spacial score (nSPS) is 18.5. The molecule has 5 nitrogen and oxygen atoms in total. The van der Waals surface area contributed by atoms with Crippen LogP contribution >= 0.6 is 11.3 Å². The average Bonchev–Trinajstić information content (AvgIpc) is 2.94. The minimum absolute atomic E-state index is 0.0360. The van der Waals surface area contributed by atoms with Crippen LogP contribution in [0.3, 0.4) is 0 Å². The largest absolute Gasteiger partial charge is 0.458 e. The van der Waals surface area contributed by atoms with E-state index in [0.717, 1.165) is 29.8 Å². The highest BCUT2D eigenvalue weighted by molar-refractivity contribution is 7.12. The van der Waals surface area contributed by atoms with Gasteiger partial charge in [0.05, 0.1) is 11.4 Å². The Labute approximate surface area is 127 Å². The van der Waals surface area contributed by atoms with Crippen molar-refractivity contribution in [3.63, 3.8) is 0 Å². The molecule has 2 aromatic rings. The second kappa shape index (κ2) is 6.22. The molecule has 21 heavy (non-hydrogen) atoms. The summed E-state index contributed by atoms with van der Waals surface area (Å²) in [7, 11) is 0. The molecule has 0 bridgehead atoms. The van der Waals surface area contributed by atoms with Gasteiger partial charge in [0, 0.05) is 18.9 Å². The Morgan fingerprint density at radius 1 is 1.43 bits per heavy atom. The van der Waals surface area contributed by atoms with Gasteiger partial charge in [-0.3, -0.25) is 4.79 Å². The van der Waals surface area contributed by atoms with Gasteiger partial charge in [0.1, 0.15) is 6.10 Å². The Morgan fingerprint density at radius 3 is 2.95 bits per heavy atom. The number of thiophene rings is 1. The van der Waals surface area contributed by atoms with Crippen LogP contribution in [0, 0.1) is 6.92 Å². The number of carbonyl (C=O) groups excluding carboxylic acids is 1. The fraction of sp³-hybridized carbons (Fsp3) is 0.400. The average molecular weight is 303 g/mol. The number of aryl methyl sites for hydroxylation is 1. The second-order valence-corrected chi connectivity index (χ2v) is 6.06. The van der Waals surface area contributed by atoms with Gasteiger partial charge in [0.25, 0.3) is 5.91 Å². The van der Waals surface area contributed by atoms with Crippen LogP contribution < -0.4 is 4.74 Å². The molecule has 0 N–H and O–H groups in total. The van der Waals surface area contributed by atoms with E-state index in [1.165, 1.54) is 11.3 Å². The molecule has 1 amide bonds. The topological polar surface area (TPSA) is 55.3 Å². The zero-order valence-electron chi connectivity index (χ0n) is 11.9. The lowest BCUT2D eigenvalue weighted by atomic mass is 10.1. The van der Waals surface area contributed by atoms with Crippen LogP contribution in [0.25, 0.3) is 0 Å². The van der Waals surface area contributed by atoms with Gasteiger partial charge in [-0.15, -0.1) is 11.3 Å². The summed E-state index contributed by atoms with van der Waals surface area (Å²) in [6.07, 6.45) is 5.13. The standard InChI is InChI=1S/C15H17N3O2S/c1-11-8-13(21-10-11)14(19)18-7-2-4-12(9-18)20-15-16-5-3-6-17-15/h3,5-6,8,10,12H,2,4,7,9H2,1H3. The predicted molar refractivity (Wildman–Crippen MR) is 80.6 cm³/mol. The molecule has 0 aromatic carbocycles. The molecule has 3 rings (SSSR count). The molecule has 3 heterocycles. The van der Waals surface area contributed by atoms with Gasteiger partial charge >= 0.3 is 6.01 Å². The van der Waals surface area contributed by atoms with Crippen LogP contribution in [0.5, 0.6) is 6.01 Å². The van der Waals surface area contributed by atoms with Crippen LogP contribution in [0.4, 0.5) is 0 Å². The molecule has 1 aliphatic heterocycles. The summed E-state index contributed by atoms with van der Waals surface area (Å²) >= 11 is 1.50. The zero-order chi connectivity index (χ0) is 14.7. The highest BCUT2D eigenvalue weighted by atomic mass is 32.1. The highest BCUT2D eigenvalue weighted by Crippen LogP contribution is 2.20. The van der Waals surface area contributed by atoms with Crippen molar-refractivity contribution in [1.82, 2.24) is 14.9 Å². The summed E-state index contributed by atoms with van der Waals surface area (Å²) < 4.78 is 5.76. The molecule has 1 fully saturated rings. The summed E-state index contributed by atoms with van der Waals surface area (Å²) in [6, 6.07) is 4.07. The lowest BCUT2D eigenvalue weighted by Crippen LogP contribution is -2.44. The Hall–Kier alpha value is -1.95. The number of likely N-dealkylation sites (tertiary alicyclic amines) is 1. The van der Waals surface area contributed by atoms with E-state index in [2.05, 4.69) is 9.97 Å². The maximum atomic E-state index is 12.5. The van der Waals surface area contributed by atoms with Crippen molar-refractivity contribution in [3.05, 3.63) is 40.3 Å². The third-order valence-electron chi connectivity index (χ3n) is 3.42. The van der Waals surface area contributed by atoms with Crippen molar-refractivity contribution in [2.75, 3.05) is 13.1 Å². The van der Waals surface area contributed by atoms with Crippen LogP contribution in [0.15, 0.2) is 29.9 Å². The Kier molecular flexibility index (Phi) is 4.15.